The molecule has 0 N–H and O–H groups in total. The van der Waals surface area contributed by atoms with Crippen molar-refractivity contribution in [1.82, 2.24) is 0 Å². The largest absolute Gasteiger partial charge is 0.0654 e. The fourth-order valence-corrected chi connectivity index (χ4v) is 2.23. The average Bonchev–Trinajstić information content (AvgIpc) is 3.23. The van der Waals surface area contributed by atoms with Gasteiger partial charge in [0.1, 0.15) is 0 Å². The van der Waals surface area contributed by atoms with Gasteiger partial charge in [-0.25, -0.2) is 0 Å². The van der Waals surface area contributed by atoms with Gasteiger partial charge in [0.15, 0.2) is 0 Å². The van der Waals surface area contributed by atoms with E-state index in [1.165, 1.54) is 29.5 Å². The summed E-state index contributed by atoms with van der Waals surface area (Å²) in [6.45, 7) is 0. The molecule has 0 radical (unpaired) electrons. The Bertz CT molecular complexity index is 514. The molecule has 0 bridgehead atoms. The Morgan fingerprint density at radius 3 is 1.94 bits per heavy atom. The maximum Gasteiger partial charge on any atom is -0.00203 e. The molecule has 0 saturated heterocycles. The molecule has 1 saturated carbocycles. The van der Waals surface area contributed by atoms with Gasteiger partial charge in [-0.2, -0.15) is 0 Å². The molecule has 1 aliphatic rings. The summed E-state index contributed by atoms with van der Waals surface area (Å²) in [4.78, 5) is 0. The predicted molar refractivity (Wildman–Crippen MR) is 72.7 cm³/mol. The van der Waals surface area contributed by atoms with E-state index in [2.05, 4.69) is 60.7 Å². The molecule has 0 nitrogen and oxygen atoms in total. The highest BCUT2D eigenvalue weighted by atomic mass is 14.2. The summed E-state index contributed by atoms with van der Waals surface area (Å²) in [5.74, 6) is 0. The Labute approximate surface area is 103 Å². The zero-order chi connectivity index (χ0) is 11.5. The molecule has 1 aliphatic carbocycles. The van der Waals surface area contributed by atoms with Crippen LogP contribution < -0.4 is 0 Å². The van der Waals surface area contributed by atoms with Crippen molar-refractivity contribution in [2.75, 3.05) is 0 Å². The summed E-state index contributed by atoms with van der Waals surface area (Å²) < 4.78 is 0. The Kier molecular flexibility index (Phi) is 2.79. The molecule has 84 valence electrons. The zero-order valence-corrected chi connectivity index (χ0v) is 9.89. The first-order valence-corrected chi connectivity index (χ1v) is 6.24. The summed E-state index contributed by atoms with van der Waals surface area (Å²) in [6, 6.07) is 21.5. The first-order valence-electron chi connectivity index (χ1n) is 6.24. The van der Waals surface area contributed by atoms with Gasteiger partial charge in [0.05, 0.1) is 0 Å². The molecule has 0 amide bonds. The van der Waals surface area contributed by atoms with Gasteiger partial charge in [0, 0.05) is 0 Å². The molecule has 3 rings (SSSR count). The fourth-order valence-electron chi connectivity index (χ4n) is 2.23. The zero-order valence-electron chi connectivity index (χ0n) is 9.89. The third kappa shape index (κ3) is 2.47. The van der Waals surface area contributed by atoms with E-state index >= 15 is 0 Å². The molecule has 17 heavy (non-hydrogen) atoms. The molecule has 0 heteroatoms. The molecule has 2 aromatic rings. The van der Waals surface area contributed by atoms with E-state index in [1.807, 2.05) is 0 Å². The van der Waals surface area contributed by atoms with Crippen LogP contribution in [0.25, 0.3) is 5.57 Å². The van der Waals surface area contributed by atoms with Gasteiger partial charge < -0.3 is 0 Å². The van der Waals surface area contributed by atoms with Crippen LogP contribution in [0.5, 0.6) is 0 Å². The van der Waals surface area contributed by atoms with Crippen LogP contribution in [0.3, 0.4) is 0 Å². The standard InChI is InChI=1S/C17H16/c1-3-7-14(8-4-1)13-17(16-11-12-16)15-9-5-2-6-10-15/h1-10H,11-13H2. The van der Waals surface area contributed by atoms with Gasteiger partial charge in [-0.3, -0.25) is 0 Å². The molecule has 0 aliphatic heterocycles. The van der Waals surface area contributed by atoms with Crippen molar-refractivity contribution in [2.45, 2.75) is 19.3 Å². The molecule has 0 unspecified atom stereocenters. The van der Waals surface area contributed by atoms with Gasteiger partial charge in [-0.15, -0.1) is 0 Å². The van der Waals surface area contributed by atoms with E-state index in [9.17, 15) is 0 Å². The van der Waals surface area contributed by atoms with Gasteiger partial charge in [0.25, 0.3) is 0 Å². The minimum Gasteiger partial charge on any atom is -0.0654 e. The first-order chi connectivity index (χ1) is 8.43. The van der Waals surface area contributed by atoms with E-state index in [0.29, 0.717) is 0 Å². The van der Waals surface area contributed by atoms with Gasteiger partial charge in [0.2, 0.25) is 0 Å². The lowest BCUT2D eigenvalue weighted by atomic mass is 9.97. The van der Waals surface area contributed by atoms with Crippen molar-refractivity contribution in [3.05, 3.63) is 77.4 Å². The maximum atomic E-state index is 2.23. The Balaban J connectivity index is 1.91. The monoisotopic (exact) mass is 220 g/mol. The lowest BCUT2D eigenvalue weighted by Crippen LogP contribution is -1.90. The third-order valence-corrected chi connectivity index (χ3v) is 3.27. The van der Waals surface area contributed by atoms with Crippen molar-refractivity contribution in [2.24, 2.45) is 0 Å². The average molecular weight is 220 g/mol. The number of hydrogen-bond acceptors (Lipinski definition) is 0. The molecule has 2 aromatic carbocycles. The summed E-state index contributed by atoms with van der Waals surface area (Å²) in [6.07, 6.45) is 3.65. The highest BCUT2D eigenvalue weighted by molar-refractivity contribution is 5.73. The molecular formula is C17H16. The molecule has 0 atom stereocenters. The molecule has 0 aromatic heterocycles. The quantitative estimate of drug-likeness (QED) is 0.715. The first kappa shape index (κ1) is 10.3. The topological polar surface area (TPSA) is 0 Å². The van der Waals surface area contributed by atoms with Crippen molar-refractivity contribution in [1.29, 1.82) is 0 Å². The second-order valence-corrected chi connectivity index (χ2v) is 4.61. The minimum absolute atomic E-state index is 1.07. The van der Waals surface area contributed by atoms with Crippen LogP contribution in [-0.4, -0.2) is 0 Å². The molecular weight excluding hydrogens is 204 g/mol. The van der Waals surface area contributed by atoms with E-state index in [0.717, 1.165) is 6.42 Å². The van der Waals surface area contributed by atoms with Crippen LogP contribution in [0, 0.1) is 0 Å². The number of hydrogen-bond donors (Lipinski definition) is 0. The smallest absolute Gasteiger partial charge is 0.00203 e. The molecule has 1 fully saturated rings. The summed E-state index contributed by atoms with van der Waals surface area (Å²) in [5.41, 5.74) is 5.98. The van der Waals surface area contributed by atoms with E-state index < -0.39 is 0 Å². The Morgan fingerprint density at radius 1 is 0.765 bits per heavy atom. The SMILES string of the molecule is c1ccc(CC(=C2CC2)c2ccccc2)cc1. The van der Waals surface area contributed by atoms with Crippen molar-refractivity contribution >= 4 is 5.57 Å². The van der Waals surface area contributed by atoms with Crippen molar-refractivity contribution in [3.8, 4) is 0 Å². The molecule has 0 spiro atoms. The minimum atomic E-state index is 1.07. The number of benzene rings is 2. The third-order valence-electron chi connectivity index (χ3n) is 3.27. The lowest BCUT2D eigenvalue weighted by Gasteiger charge is -2.08. The summed E-state index contributed by atoms with van der Waals surface area (Å²) in [7, 11) is 0. The van der Waals surface area contributed by atoms with Gasteiger partial charge >= 0.3 is 0 Å². The van der Waals surface area contributed by atoms with E-state index in [-0.39, 0.29) is 0 Å². The van der Waals surface area contributed by atoms with Crippen LogP contribution in [0.2, 0.25) is 0 Å². The second kappa shape index (κ2) is 4.58. The van der Waals surface area contributed by atoms with Crippen molar-refractivity contribution in [3.63, 3.8) is 0 Å². The highest BCUT2D eigenvalue weighted by Gasteiger charge is 2.18. The number of allylic oxidation sites excluding steroid dienone is 2. The summed E-state index contributed by atoms with van der Waals surface area (Å²) in [5, 5.41) is 0. The maximum absolute atomic E-state index is 2.23. The van der Waals surface area contributed by atoms with Crippen LogP contribution in [0.1, 0.15) is 24.0 Å². The van der Waals surface area contributed by atoms with Crippen LogP contribution in [0.15, 0.2) is 66.2 Å². The van der Waals surface area contributed by atoms with Crippen LogP contribution in [0.4, 0.5) is 0 Å². The van der Waals surface area contributed by atoms with Gasteiger partial charge in [-0.1, -0.05) is 66.2 Å². The summed E-state index contributed by atoms with van der Waals surface area (Å²) >= 11 is 0. The van der Waals surface area contributed by atoms with Crippen molar-refractivity contribution < 1.29 is 0 Å². The van der Waals surface area contributed by atoms with E-state index in [1.54, 1.807) is 5.57 Å². The van der Waals surface area contributed by atoms with Crippen LogP contribution >= 0.6 is 0 Å². The number of rotatable bonds is 3. The molecule has 0 heterocycles. The van der Waals surface area contributed by atoms with E-state index in [4.69, 9.17) is 0 Å². The second-order valence-electron chi connectivity index (χ2n) is 4.61. The Hall–Kier alpha value is -1.82. The fraction of sp³-hybridized carbons (Fsp3) is 0.176. The lowest BCUT2D eigenvalue weighted by molar-refractivity contribution is 1.27. The Morgan fingerprint density at radius 2 is 1.35 bits per heavy atom. The predicted octanol–water partition coefficient (Wildman–Crippen LogP) is 4.48. The highest BCUT2D eigenvalue weighted by Crippen LogP contribution is 2.38. The van der Waals surface area contributed by atoms with Crippen LogP contribution in [-0.2, 0) is 6.42 Å². The van der Waals surface area contributed by atoms with Gasteiger partial charge in [-0.05, 0) is 36.0 Å². The normalized spacial score (nSPS) is 13.5.